The van der Waals surface area contributed by atoms with Crippen LogP contribution in [0, 0.1) is 0 Å². The molecular weight excluding hydrogens is 272 g/mol. The normalized spacial score (nSPS) is 30.2. The van der Waals surface area contributed by atoms with Crippen molar-refractivity contribution in [1.29, 1.82) is 0 Å². The van der Waals surface area contributed by atoms with E-state index in [0.717, 1.165) is 19.4 Å². The number of hydrogen-bond acceptors (Lipinski definition) is 3. The van der Waals surface area contributed by atoms with Gasteiger partial charge in [-0.05, 0) is 32.4 Å². The number of hydrogen-bond donors (Lipinski definition) is 1. The van der Waals surface area contributed by atoms with Gasteiger partial charge in [-0.1, -0.05) is 26.2 Å². The standard InChI is InChI=1S/C15H26N2O2S/c1-4-14(2)13(19)17(10-12(18)16-14)11-15(20-3)8-6-5-7-9-15/h4-11H2,1-3H3,(H,16,18). The van der Waals surface area contributed by atoms with Crippen LogP contribution in [0.1, 0.15) is 52.4 Å². The Morgan fingerprint density at radius 3 is 2.45 bits per heavy atom. The lowest BCUT2D eigenvalue weighted by Crippen LogP contribution is -2.66. The molecule has 0 radical (unpaired) electrons. The smallest absolute Gasteiger partial charge is 0.248 e. The van der Waals surface area contributed by atoms with Gasteiger partial charge in [0.25, 0.3) is 0 Å². The first-order valence-corrected chi connectivity index (χ1v) is 8.83. The molecule has 4 nitrogen and oxygen atoms in total. The molecule has 0 aromatic rings. The number of thioether (sulfide) groups is 1. The summed E-state index contributed by atoms with van der Waals surface area (Å²) in [6, 6.07) is 0. The maximum absolute atomic E-state index is 12.7. The second-order valence-electron chi connectivity index (χ2n) is 6.34. The van der Waals surface area contributed by atoms with E-state index >= 15 is 0 Å². The molecule has 2 aliphatic rings. The van der Waals surface area contributed by atoms with Crippen LogP contribution in [-0.2, 0) is 9.59 Å². The predicted octanol–water partition coefficient (Wildman–Crippen LogP) is 2.18. The lowest BCUT2D eigenvalue weighted by atomic mass is 9.86. The lowest BCUT2D eigenvalue weighted by Gasteiger charge is -2.45. The Balaban J connectivity index is 2.14. The van der Waals surface area contributed by atoms with E-state index in [0.29, 0.717) is 6.42 Å². The Hall–Kier alpha value is -0.710. The zero-order chi connectivity index (χ0) is 14.8. The first-order valence-electron chi connectivity index (χ1n) is 7.60. The van der Waals surface area contributed by atoms with Gasteiger partial charge < -0.3 is 10.2 Å². The summed E-state index contributed by atoms with van der Waals surface area (Å²) in [6.07, 6.45) is 8.85. The minimum Gasteiger partial charge on any atom is -0.340 e. The third-order valence-corrected chi connectivity index (χ3v) is 6.30. The van der Waals surface area contributed by atoms with E-state index in [1.165, 1.54) is 19.3 Å². The summed E-state index contributed by atoms with van der Waals surface area (Å²) in [4.78, 5) is 26.4. The van der Waals surface area contributed by atoms with E-state index < -0.39 is 5.54 Å². The zero-order valence-corrected chi connectivity index (χ0v) is 13.6. The van der Waals surface area contributed by atoms with Crippen molar-refractivity contribution in [2.45, 2.75) is 62.7 Å². The fourth-order valence-corrected chi connectivity index (χ4v) is 4.31. The third kappa shape index (κ3) is 2.97. The number of carbonyl (C=O) groups excluding carboxylic acids is 2. The maximum Gasteiger partial charge on any atom is 0.248 e. The van der Waals surface area contributed by atoms with Crippen molar-refractivity contribution in [3.05, 3.63) is 0 Å². The molecule has 1 saturated heterocycles. The summed E-state index contributed by atoms with van der Waals surface area (Å²) in [5, 5.41) is 2.85. The highest BCUT2D eigenvalue weighted by Gasteiger charge is 2.44. The molecule has 5 heteroatoms. The van der Waals surface area contributed by atoms with Crippen molar-refractivity contribution >= 4 is 23.6 Å². The van der Waals surface area contributed by atoms with Crippen molar-refractivity contribution in [3.8, 4) is 0 Å². The number of amides is 2. The largest absolute Gasteiger partial charge is 0.340 e. The molecule has 1 N–H and O–H groups in total. The van der Waals surface area contributed by atoms with Gasteiger partial charge in [-0.25, -0.2) is 0 Å². The van der Waals surface area contributed by atoms with E-state index in [1.54, 1.807) is 4.90 Å². The van der Waals surface area contributed by atoms with Crippen molar-refractivity contribution < 1.29 is 9.59 Å². The summed E-state index contributed by atoms with van der Waals surface area (Å²) in [5.74, 6) is 0.0552. The molecule has 1 saturated carbocycles. The first kappa shape index (κ1) is 15.7. The van der Waals surface area contributed by atoms with Crippen molar-refractivity contribution in [2.75, 3.05) is 19.3 Å². The predicted molar refractivity (Wildman–Crippen MR) is 82.7 cm³/mol. The van der Waals surface area contributed by atoms with Gasteiger partial charge in [-0.15, -0.1) is 0 Å². The van der Waals surface area contributed by atoms with E-state index in [2.05, 4.69) is 11.6 Å². The molecule has 2 fully saturated rings. The van der Waals surface area contributed by atoms with Gasteiger partial charge in [-0.2, -0.15) is 11.8 Å². The van der Waals surface area contributed by atoms with Crippen molar-refractivity contribution in [1.82, 2.24) is 10.2 Å². The van der Waals surface area contributed by atoms with E-state index in [-0.39, 0.29) is 23.1 Å². The zero-order valence-electron chi connectivity index (χ0n) is 12.8. The summed E-state index contributed by atoms with van der Waals surface area (Å²) in [6.45, 7) is 4.73. The van der Waals surface area contributed by atoms with Crippen LogP contribution in [0.15, 0.2) is 0 Å². The van der Waals surface area contributed by atoms with Crippen LogP contribution >= 0.6 is 11.8 Å². The second kappa shape index (κ2) is 5.96. The summed E-state index contributed by atoms with van der Waals surface area (Å²) in [7, 11) is 0. The molecule has 0 bridgehead atoms. The molecule has 1 aliphatic carbocycles. The highest BCUT2D eigenvalue weighted by atomic mass is 32.2. The average molecular weight is 298 g/mol. The minimum atomic E-state index is -0.719. The molecule has 0 aromatic carbocycles. The molecule has 1 aliphatic heterocycles. The first-order chi connectivity index (χ1) is 9.45. The van der Waals surface area contributed by atoms with Gasteiger partial charge in [-0.3, -0.25) is 9.59 Å². The molecule has 20 heavy (non-hydrogen) atoms. The monoisotopic (exact) mass is 298 g/mol. The number of carbonyl (C=O) groups is 2. The molecule has 1 unspecified atom stereocenters. The highest BCUT2D eigenvalue weighted by molar-refractivity contribution is 8.00. The summed E-state index contributed by atoms with van der Waals surface area (Å²) in [5.41, 5.74) is -0.719. The van der Waals surface area contributed by atoms with Crippen LogP contribution in [0.5, 0.6) is 0 Å². The van der Waals surface area contributed by atoms with Crippen molar-refractivity contribution in [2.24, 2.45) is 0 Å². The third-order valence-electron chi connectivity index (χ3n) is 4.89. The molecule has 0 aromatic heterocycles. The Morgan fingerprint density at radius 2 is 1.90 bits per heavy atom. The summed E-state index contributed by atoms with van der Waals surface area (Å²) < 4.78 is 0.153. The molecule has 1 atom stereocenters. The van der Waals surface area contributed by atoms with Gasteiger partial charge in [0.05, 0.1) is 6.54 Å². The Kier molecular flexibility index (Phi) is 4.67. The van der Waals surface area contributed by atoms with Gasteiger partial charge in [0, 0.05) is 11.3 Å². The quantitative estimate of drug-likeness (QED) is 0.865. The van der Waals surface area contributed by atoms with E-state index in [9.17, 15) is 9.59 Å². The van der Waals surface area contributed by atoms with E-state index in [4.69, 9.17) is 0 Å². The maximum atomic E-state index is 12.7. The van der Waals surface area contributed by atoms with Crippen LogP contribution < -0.4 is 5.32 Å². The number of rotatable bonds is 4. The number of piperazine rings is 1. The minimum absolute atomic E-state index is 0.0268. The molecule has 1 heterocycles. The van der Waals surface area contributed by atoms with Crippen molar-refractivity contribution in [3.63, 3.8) is 0 Å². The SMILES string of the molecule is CCC1(C)NC(=O)CN(CC2(SC)CCCCC2)C1=O. The Bertz CT molecular complexity index is 393. The topological polar surface area (TPSA) is 49.4 Å². The van der Waals surface area contributed by atoms with Gasteiger partial charge in [0.15, 0.2) is 0 Å². The van der Waals surface area contributed by atoms with Crippen LogP contribution in [0.4, 0.5) is 0 Å². The molecule has 2 amide bonds. The molecule has 2 rings (SSSR count). The Labute approximate surface area is 126 Å². The van der Waals surface area contributed by atoms with Crippen LogP contribution in [0.25, 0.3) is 0 Å². The fourth-order valence-electron chi connectivity index (χ4n) is 3.33. The second-order valence-corrected chi connectivity index (χ2v) is 7.62. The molecular formula is C15H26N2O2S. The molecule has 114 valence electrons. The lowest BCUT2D eigenvalue weighted by molar-refractivity contribution is -0.149. The number of nitrogens with zero attached hydrogens (tertiary/aromatic N) is 1. The number of nitrogens with one attached hydrogen (secondary N) is 1. The average Bonchev–Trinajstić information content (AvgIpc) is 2.45. The molecule has 0 spiro atoms. The van der Waals surface area contributed by atoms with Crippen LogP contribution in [0.2, 0.25) is 0 Å². The highest BCUT2D eigenvalue weighted by Crippen LogP contribution is 2.39. The van der Waals surface area contributed by atoms with E-state index in [1.807, 2.05) is 25.6 Å². The van der Waals surface area contributed by atoms with Crippen LogP contribution in [-0.4, -0.2) is 46.3 Å². The van der Waals surface area contributed by atoms with Crippen LogP contribution in [0.3, 0.4) is 0 Å². The van der Waals surface area contributed by atoms with Gasteiger partial charge in [0.2, 0.25) is 11.8 Å². The van der Waals surface area contributed by atoms with Gasteiger partial charge in [0.1, 0.15) is 5.54 Å². The van der Waals surface area contributed by atoms with Gasteiger partial charge >= 0.3 is 0 Å². The Morgan fingerprint density at radius 1 is 1.25 bits per heavy atom. The fraction of sp³-hybridized carbons (Fsp3) is 0.867. The summed E-state index contributed by atoms with van der Waals surface area (Å²) >= 11 is 1.87.